The van der Waals surface area contributed by atoms with Gasteiger partial charge in [-0.3, -0.25) is 4.55 Å². The van der Waals surface area contributed by atoms with Crippen LogP contribution in [0.15, 0.2) is 24.3 Å². The van der Waals surface area contributed by atoms with Crippen LogP contribution in [0.1, 0.15) is 6.92 Å². The fraction of sp³-hybridized carbons (Fsp3) is 0.250. The highest BCUT2D eigenvalue weighted by Crippen LogP contribution is 2.17. The topological polar surface area (TPSA) is 55.8 Å². The molecule has 1 rings (SSSR count). The first-order valence-electron chi connectivity index (χ1n) is 3.74. The highest BCUT2D eigenvalue weighted by Gasteiger charge is 1.98. The molecular weight excluding hydrogens is 192 g/mol. The van der Waals surface area contributed by atoms with Crippen LogP contribution in [0.4, 0.5) is 0 Å². The molecule has 4 nitrogen and oxygen atoms in total. The predicted octanol–water partition coefficient (Wildman–Crippen LogP) is 1.60. The second-order valence-electron chi connectivity index (χ2n) is 2.20. The molecule has 1 N–H and O–H groups in total. The van der Waals surface area contributed by atoms with Gasteiger partial charge in [-0.15, -0.1) is 0 Å². The van der Waals surface area contributed by atoms with Crippen molar-refractivity contribution in [2.75, 3.05) is 6.61 Å². The van der Waals surface area contributed by atoms with Crippen molar-refractivity contribution >= 4 is 11.4 Å². The lowest BCUT2D eigenvalue weighted by atomic mass is 10.3. The van der Waals surface area contributed by atoms with E-state index in [1.165, 1.54) is 0 Å². The molecule has 0 radical (unpaired) electrons. The van der Waals surface area contributed by atoms with Crippen LogP contribution in [0.3, 0.4) is 0 Å². The normalized spacial score (nSPS) is 12.2. The summed E-state index contributed by atoms with van der Waals surface area (Å²) in [6.07, 6.45) is 0. The third-order valence-corrected chi connectivity index (χ3v) is 1.64. The molecule has 72 valence electrons. The molecule has 0 aliphatic heterocycles. The average molecular weight is 202 g/mol. The molecule has 0 saturated carbocycles. The van der Waals surface area contributed by atoms with Gasteiger partial charge >= 0.3 is 11.4 Å². The molecule has 0 aliphatic rings. The minimum atomic E-state index is -2.27. The van der Waals surface area contributed by atoms with E-state index >= 15 is 0 Å². The Hall–Kier alpha value is -1.07. The summed E-state index contributed by atoms with van der Waals surface area (Å²) in [5, 5.41) is 0. The van der Waals surface area contributed by atoms with Crippen LogP contribution >= 0.6 is 0 Å². The Labute approximate surface area is 79.0 Å². The third-order valence-electron chi connectivity index (χ3n) is 1.30. The van der Waals surface area contributed by atoms with Gasteiger partial charge in [0.15, 0.2) is 0 Å². The third kappa shape index (κ3) is 3.43. The van der Waals surface area contributed by atoms with Crippen molar-refractivity contribution in [3.63, 3.8) is 0 Å². The van der Waals surface area contributed by atoms with Crippen LogP contribution in [0.2, 0.25) is 0 Å². The molecule has 5 heteroatoms. The number of ether oxygens (including phenoxy) is 1. The smallest absolute Gasteiger partial charge is 0.357 e. The van der Waals surface area contributed by atoms with E-state index < -0.39 is 11.4 Å². The molecule has 1 aromatic rings. The molecule has 0 aromatic heterocycles. The van der Waals surface area contributed by atoms with E-state index in [1.54, 1.807) is 24.3 Å². The molecule has 0 fully saturated rings. The van der Waals surface area contributed by atoms with Gasteiger partial charge in [0.2, 0.25) is 0 Å². The van der Waals surface area contributed by atoms with Gasteiger partial charge in [0.05, 0.1) is 6.61 Å². The largest absolute Gasteiger partial charge is 0.494 e. The fourth-order valence-corrected chi connectivity index (χ4v) is 1.12. The van der Waals surface area contributed by atoms with Gasteiger partial charge in [-0.05, 0) is 31.2 Å². The molecular formula is C8H10O4S. The second-order valence-corrected chi connectivity index (χ2v) is 2.81. The van der Waals surface area contributed by atoms with Gasteiger partial charge in [0.1, 0.15) is 11.5 Å². The predicted molar refractivity (Wildman–Crippen MR) is 49.0 cm³/mol. The maximum absolute atomic E-state index is 10.2. The van der Waals surface area contributed by atoms with Crippen molar-refractivity contribution in [1.29, 1.82) is 0 Å². The van der Waals surface area contributed by atoms with E-state index in [0.717, 1.165) is 0 Å². The summed E-state index contributed by atoms with van der Waals surface area (Å²) in [5.41, 5.74) is 0. The van der Waals surface area contributed by atoms with Crippen LogP contribution in [0.5, 0.6) is 11.5 Å². The molecule has 0 bridgehead atoms. The first-order chi connectivity index (χ1) is 6.22. The van der Waals surface area contributed by atoms with Crippen LogP contribution < -0.4 is 8.92 Å². The minimum absolute atomic E-state index is 0.337. The summed E-state index contributed by atoms with van der Waals surface area (Å²) in [6, 6.07) is 6.48. The standard InChI is InChI=1S/C8H10O4S/c1-2-11-7-3-5-8(6-4-7)12-13(9)10/h3-6H,2H2,1H3,(H,9,10). The van der Waals surface area contributed by atoms with Gasteiger partial charge < -0.3 is 8.92 Å². The highest BCUT2D eigenvalue weighted by atomic mass is 32.2. The van der Waals surface area contributed by atoms with E-state index in [0.29, 0.717) is 18.1 Å². The summed E-state index contributed by atoms with van der Waals surface area (Å²) in [4.78, 5) is 0. The number of rotatable bonds is 4. The Bertz CT molecular complexity index is 283. The maximum Gasteiger partial charge on any atom is 0.357 e. The lowest BCUT2D eigenvalue weighted by Crippen LogP contribution is -1.97. The summed E-state index contributed by atoms with van der Waals surface area (Å²) in [5.74, 6) is 1.04. The molecule has 0 amide bonds. The molecule has 1 unspecified atom stereocenters. The number of hydrogen-bond donors (Lipinski definition) is 1. The summed E-state index contributed by atoms with van der Waals surface area (Å²) >= 11 is -2.27. The van der Waals surface area contributed by atoms with Crippen LogP contribution in [0, 0.1) is 0 Å². The van der Waals surface area contributed by atoms with Crippen LogP contribution in [-0.2, 0) is 11.4 Å². The van der Waals surface area contributed by atoms with Crippen molar-refractivity contribution < 1.29 is 17.7 Å². The lowest BCUT2D eigenvalue weighted by molar-refractivity contribution is 0.340. The van der Waals surface area contributed by atoms with Crippen LogP contribution in [0.25, 0.3) is 0 Å². The van der Waals surface area contributed by atoms with Crippen molar-refractivity contribution in [3.8, 4) is 11.5 Å². The van der Waals surface area contributed by atoms with Crippen molar-refractivity contribution in [2.45, 2.75) is 6.92 Å². The molecule has 0 aliphatic carbocycles. The van der Waals surface area contributed by atoms with Crippen molar-refractivity contribution in [3.05, 3.63) is 24.3 Å². The van der Waals surface area contributed by atoms with Gasteiger partial charge in [-0.2, -0.15) is 4.21 Å². The van der Waals surface area contributed by atoms with Gasteiger partial charge in [0.25, 0.3) is 0 Å². The van der Waals surface area contributed by atoms with Crippen molar-refractivity contribution in [1.82, 2.24) is 0 Å². The van der Waals surface area contributed by atoms with Gasteiger partial charge in [-0.25, -0.2) is 0 Å². The average Bonchev–Trinajstić information content (AvgIpc) is 2.08. The quantitative estimate of drug-likeness (QED) is 0.753. The fourth-order valence-electron chi connectivity index (χ4n) is 0.840. The van der Waals surface area contributed by atoms with E-state index in [9.17, 15) is 4.21 Å². The molecule has 0 heterocycles. The lowest BCUT2D eigenvalue weighted by Gasteiger charge is -2.03. The zero-order valence-electron chi connectivity index (χ0n) is 7.10. The van der Waals surface area contributed by atoms with Gasteiger partial charge in [-0.1, -0.05) is 0 Å². The Kier molecular flexibility index (Phi) is 3.72. The Morgan fingerprint density at radius 1 is 1.31 bits per heavy atom. The van der Waals surface area contributed by atoms with E-state index in [2.05, 4.69) is 4.18 Å². The monoisotopic (exact) mass is 202 g/mol. The molecule has 1 atom stereocenters. The highest BCUT2D eigenvalue weighted by molar-refractivity contribution is 7.74. The first-order valence-corrected chi connectivity index (χ1v) is 4.77. The van der Waals surface area contributed by atoms with E-state index in [1.807, 2.05) is 6.92 Å². The summed E-state index contributed by atoms with van der Waals surface area (Å²) in [6.45, 7) is 2.47. The van der Waals surface area contributed by atoms with Crippen LogP contribution in [-0.4, -0.2) is 15.4 Å². The summed E-state index contributed by atoms with van der Waals surface area (Å²) < 4.78 is 28.3. The minimum Gasteiger partial charge on any atom is -0.494 e. The first kappa shape index (κ1) is 10.0. The number of benzene rings is 1. The van der Waals surface area contributed by atoms with E-state index in [4.69, 9.17) is 9.29 Å². The number of hydrogen-bond acceptors (Lipinski definition) is 3. The Morgan fingerprint density at radius 3 is 2.31 bits per heavy atom. The maximum atomic E-state index is 10.2. The SMILES string of the molecule is CCOc1ccc(OS(=O)O)cc1. The summed E-state index contributed by atoms with van der Waals surface area (Å²) in [7, 11) is 0. The zero-order chi connectivity index (χ0) is 9.68. The Morgan fingerprint density at radius 2 is 1.85 bits per heavy atom. The Balaban J connectivity index is 2.64. The van der Waals surface area contributed by atoms with E-state index in [-0.39, 0.29) is 0 Å². The molecule has 1 aromatic carbocycles. The van der Waals surface area contributed by atoms with Crippen molar-refractivity contribution in [2.24, 2.45) is 0 Å². The van der Waals surface area contributed by atoms with Gasteiger partial charge in [0, 0.05) is 0 Å². The zero-order valence-corrected chi connectivity index (χ0v) is 7.91. The second kappa shape index (κ2) is 4.84. The molecule has 0 spiro atoms. The molecule has 13 heavy (non-hydrogen) atoms. The molecule has 0 saturated heterocycles.